The van der Waals surface area contributed by atoms with E-state index in [-0.39, 0.29) is 127 Å². The van der Waals surface area contributed by atoms with E-state index in [1.54, 1.807) is 71.6 Å². The van der Waals surface area contributed by atoms with Gasteiger partial charge in [-0.1, -0.05) is 35.3 Å². The Hall–Kier alpha value is -8.17. The van der Waals surface area contributed by atoms with Crippen molar-refractivity contribution in [2.75, 3.05) is 121 Å². The van der Waals surface area contributed by atoms with E-state index in [9.17, 15) is 58.8 Å². The number of carboxylic acid groups (broad SMARTS) is 4. The van der Waals surface area contributed by atoms with Gasteiger partial charge in [-0.05, 0) is 74.0 Å². The van der Waals surface area contributed by atoms with E-state index < -0.39 is 47.1 Å². The second-order valence-corrected chi connectivity index (χ2v) is 21.9. The summed E-state index contributed by atoms with van der Waals surface area (Å²) in [4.78, 5) is 110. The third-order valence-corrected chi connectivity index (χ3v) is 14.7. The third-order valence-electron chi connectivity index (χ3n) is 14.3. The summed E-state index contributed by atoms with van der Waals surface area (Å²) in [5.41, 5.74) is 3.13. The van der Waals surface area contributed by atoms with Gasteiger partial charge < -0.3 is 55.5 Å². The summed E-state index contributed by atoms with van der Waals surface area (Å²) in [5.74, 6) is -5.83. The number of methoxy groups -OCH3 is 1. The number of fused-ring (bicyclic) bond motifs is 3. The highest BCUT2D eigenvalue weighted by molar-refractivity contribution is 6.35. The number of carbonyl (C=O) groups excluding carboxylic acids is 4. The van der Waals surface area contributed by atoms with Crippen LogP contribution in [0, 0.1) is 0 Å². The number of aromatic carboxylic acids is 1. The number of benzene rings is 4. The summed E-state index contributed by atoms with van der Waals surface area (Å²) >= 11 is 13.0. The van der Waals surface area contributed by atoms with Crippen molar-refractivity contribution < 1.29 is 73.0 Å². The minimum absolute atomic E-state index is 0.0139. The number of carbonyl (C=O) groups is 8. The predicted octanol–water partition coefficient (Wildman–Crippen LogP) is 5.13. The van der Waals surface area contributed by atoms with Crippen LogP contribution in [0.5, 0.6) is 11.5 Å². The highest BCUT2D eigenvalue weighted by Crippen LogP contribution is 2.47. The number of aromatic nitrogens is 2. The molecule has 4 aromatic carbocycles. The minimum atomic E-state index is -1.36. The number of anilines is 3. The fourth-order valence-corrected chi connectivity index (χ4v) is 10.7. The largest absolute Gasteiger partial charge is 0.496 e. The van der Waals surface area contributed by atoms with Crippen LogP contribution in [0.1, 0.15) is 53.1 Å². The molecule has 5 aromatic rings. The number of aliphatic carboxylic acids is 3. The molecule has 8 rings (SSSR count). The molecule has 1 aromatic heterocycles. The van der Waals surface area contributed by atoms with Crippen LogP contribution in [0.15, 0.2) is 72.8 Å². The Kier molecular flexibility index (Phi) is 20.2. The molecular formula is C57H64Cl2N10O15. The highest BCUT2D eigenvalue weighted by Gasteiger charge is 2.39. The van der Waals surface area contributed by atoms with Crippen molar-refractivity contribution in [2.45, 2.75) is 38.8 Å². The van der Waals surface area contributed by atoms with E-state index >= 15 is 0 Å². The molecule has 0 atom stereocenters. The number of carboxylic acids is 4. The van der Waals surface area contributed by atoms with Crippen molar-refractivity contribution in [2.24, 2.45) is 0 Å². The highest BCUT2D eigenvalue weighted by atomic mass is 35.5. The summed E-state index contributed by atoms with van der Waals surface area (Å²) in [6.45, 7) is 5.02. The molecule has 2 saturated heterocycles. The number of hydrogen-bond donors (Lipinski definition) is 7. The topological polar surface area (TPSA) is 315 Å². The lowest BCUT2D eigenvalue weighted by Crippen LogP contribution is -2.55. The molecular weight excluding hydrogens is 1140 g/mol. The van der Waals surface area contributed by atoms with Crippen LogP contribution < -0.4 is 25.4 Å². The van der Waals surface area contributed by atoms with Crippen LogP contribution in [-0.4, -0.2) is 213 Å². The number of halogens is 2. The number of amides is 4. The monoisotopic (exact) mass is 1200 g/mol. The first kappa shape index (κ1) is 61.9. The Morgan fingerprint density at radius 2 is 1.17 bits per heavy atom. The van der Waals surface area contributed by atoms with Gasteiger partial charge in [0.1, 0.15) is 18.1 Å². The molecule has 0 aliphatic carbocycles. The Labute approximate surface area is 492 Å². The molecule has 27 heteroatoms. The number of nitrogens with one attached hydrogen (secondary N) is 3. The van der Waals surface area contributed by atoms with E-state index in [0.29, 0.717) is 80.6 Å². The second kappa shape index (κ2) is 27.5. The first-order valence-electron chi connectivity index (χ1n) is 26.8. The Bertz CT molecular complexity index is 3300. The fraction of sp³-hybridized carbons (Fsp3) is 0.386. The zero-order valence-corrected chi connectivity index (χ0v) is 47.8. The predicted molar refractivity (Wildman–Crippen MR) is 308 cm³/mol. The third kappa shape index (κ3) is 16.1. The normalized spacial score (nSPS) is 16.1. The van der Waals surface area contributed by atoms with E-state index in [1.807, 2.05) is 26.0 Å². The number of rotatable bonds is 19. The SMILES string of the molecule is COc1cc2c(cc1-c1cccc(NC(=O)CCC(=O)Nc3cc(NC(=O)CN4CCN(CC(=O)O)CCN(CC(=O)O)CCN(CC(=O)O)CC4)cc(C(=O)O)c3)c1)-c1c(c(C(=O)N3CCOCC3(C)C)nn1-c1cc(Cl)cc(Cl)c1)CO2. The van der Waals surface area contributed by atoms with Crippen LogP contribution in [0.2, 0.25) is 10.0 Å². The lowest BCUT2D eigenvalue weighted by atomic mass is 9.95. The number of morpholine rings is 1. The van der Waals surface area contributed by atoms with Gasteiger partial charge in [0.15, 0.2) is 5.69 Å². The molecule has 0 saturated carbocycles. The summed E-state index contributed by atoms with van der Waals surface area (Å²) in [5, 5.41) is 52.3. The molecule has 0 unspecified atom stereocenters. The first-order chi connectivity index (χ1) is 40.0. The van der Waals surface area contributed by atoms with E-state index in [2.05, 4.69) is 16.0 Å². The van der Waals surface area contributed by atoms with Gasteiger partial charge in [0.05, 0.1) is 69.0 Å². The van der Waals surface area contributed by atoms with Crippen LogP contribution >= 0.6 is 23.2 Å². The molecule has 84 heavy (non-hydrogen) atoms. The molecule has 25 nitrogen and oxygen atoms in total. The van der Waals surface area contributed by atoms with Crippen LogP contribution in [0.25, 0.3) is 28.1 Å². The van der Waals surface area contributed by atoms with Gasteiger partial charge in [0.25, 0.3) is 5.91 Å². The van der Waals surface area contributed by atoms with Gasteiger partial charge in [0.2, 0.25) is 17.7 Å². The van der Waals surface area contributed by atoms with Gasteiger partial charge in [-0.25, -0.2) is 9.48 Å². The van der Waals surface area contributed by atoms with Crippen molar-refractivity contribution >= 4 is 87.8 Å². The maximum Gasteiger partial charge on any atom is 0.335 e. The Morgan fingerprint density at radius 3 is 1.69 bits per heavy atom. The Balaban J connectivity index is 0.942. The van der Waals surface area contributed by atoms with Gasteiger partial charge in [-0.15, -0.1) is 0 Å². The lowest BCUT2D eigenvalue weighted by molar-refractivity contribution is -0.140. The number of nitrogens with zero attached hydrogens (tertiary/aromatic N) is 7. The van der Waals surface area contributed by atoms with Gasteiger partial charge in [-0.2, -0.15) is 5.10 Å². The molecule has 2 fully saturated rings. The molecule has 4 amide bonds. The second-order valence-electron chi connectivity index (χ2n) is 21.0. The zero-order chi connectivity index (χ0) is 60.4. The summed E-state index contributed by atoms with van der Waals surface area (Å²) in [7, 11) is 1.51. The molecule has 4 heterocycles. The summed E-state index contributed by atoms with van der Waals surface area (Å²) in [6.07, 6.45) is -0.611. The number of hydrogen-bond acceptors (Lipinski definition) is 16. The molecule has 0 spiro atoms. The molecule has 0 bridgehead atoms. The van der Waals surface area contributed by atoms with Crippen molar-refractivity contribution in [3.05, 3.63) is 99.7 Å². The van der Waals surface area contributed by atoms with Crippen molar-refractivity contribution in [3.8, 4) is 39.6 Å². The molecule has 3 aliphatic rings. The minimum Gasteiger partial charge on any atom is -0.496 e. The summed E-state index contributed by atoms with van der Waals surface area (Å²) in [6, 6.07) is 19.3. The average molecular weight is 1200 g/mol. The van der Waals surface area contributed by atoms with Gasteiger partial charge >= 0.3 is 23.9 Å². The average Bonchev–Trinajstić information content (AvgIpc) is 1.73. The van der Waals surface area contributed by atoms with Crippen molar-refractivity contribution in [1.82, 2.24) is 34.3 Å². The molecule has 7 N–H and O–H groups in total. The lowest BCUT2D eigenvalue weighted by Gasteiger charge is -2.41. The van der Waals surface area contributed by atoms with Crippen molar-refractivity contribution in [1.29, 1.82) is 0 Å². The van der Waals surface area contributed by atoms with Crippen LogP contribution in [-0.2, 0) is 40.1 Å². The molecule has 446 valence electrons. The maximum absolute atomic E-state index is 14.4. The molecule has 0 radical (unpaired) electrons. The first-order valence-corrected chi connectivity index (χ1v) is 27.5. The van der Waals surface area contributed by atoms with Gasteiger partial charge in [0, 0.05) is 122 Å². The zero-order valence-electron chi connectivity index (χ0n) is 46.3. The Morgan fingerprint density at radius 1 is 0.631 bits per heavy atom. The smallest absolute Gasteiger partial charge is 0.335 e. The maximum atomic E-state index is 14.4. The van der Waals surface area contributed by atoms with Crippen LogP contribution in [0.3, 0.4) is 0 Å². The van der Waals surface area contributed by atoms with E-state index in [0.717, 1.165) is 0 Å². The van der Waals surface area contributed by atoms with Crippen molar-refractivity contribution in [3.63, 3.8) is 0 Å². The fourth-order valence-electron chi connectivity index (χ4n) is 10.2. The van der Waals surface area contributed by atoms with Crippen LogP contribution in [0.4, 0.5) is 17.1 Å². The standard InChI is InChI=1S/C57H64Cl2N10O15/c1-57(2)33-83-18-17-68(57)55(79)53-44-32-84-46-27-45(82-3)42(26-43(46)54(44)69(63-53)41-23-36(58)22-37(59)24-41)34-5-4-6-38(19-34)60-47(70)7-8-48(71)61-39-20-35(56(80)81)21-40(25-39)62-49(72)28-64-9-11-65(29-50(73)74)13-15-67(31-52(77)78)16-14-66(12-10-64)30-51(75)76/h4-6,19-27H,7-18,28-33H2,1-3H3,(H,60,70)(H,61,71)(H,62,72)(H,73,74)(H,75,76)(H,77,78)(H,80,81). The molecule has 3 aliphatic heterocycles. The van der Waals surface area contributed by atoms with E-state index in [1.165, 1.54) is 25.3 Å². The summed E-state index contributed by atoms with van der Waals surface area (Å²) < 4.78 is 19.5. The quantitative estimate of drug-likeness (QED) is 0.0563. The van der Waals surface area contributed by atoms with Gasteiger partial charge in [-0.3, -0.25) is 53.2 Å². The van der Waals surface area contributed by atoms with E-state index in [4.69, 9.17) is 42.5 Å². The number of ether oxygens (including phenoxy) is 3.